The Morgan fingerprint density at radius 2 is 1.78 bits per heavy atom. The van der Waals surface area contributed by atoms with Crippen LogP contribution in [0.4, 0.5) is 0 Å². The van der Waals surface area contributed by atoms with Crippen LogP contribution in [0.25, 0.3) is 0 Å². The van der Waals surface area contributed by atoms with E-state index in [0.717, 1.165) is 30.6 Å². The van der Waals surface area contributed by atoms with Crippen molar-refractivity contribution in [2.24, 2.45) is 5.73 Å². The molecule has 18 heavy (non-hydrogen) atoms. The summed E-state index contributed by atoms with van der Waals surface area (Å²) in [5, 5.41) is 1.80. The molecule has 1 aromatic rings. The fraction of sp³-hybridized carbons (Fsp3) is 0.667. The van der Waals surface area contributed by atoms with Gasteiger partial charge in [-0.1, -0.05) is 19.3 Å². The van der Waals surface area contributed by atoms with Crippen LogP contribution in [0.3, 0.4) is 0 Å². The molecule has 1 fully saturated rings. The van der Waals surface area contributed by atoms with Gasteiger partial charge in [-0.2, -0.15) is 4.31 Å². The topological polar surface area (TPSA) is 63.4 Å². The molecular weight excluding hydrogens is 268 g/mol. The average molecular weight is 288 g/mol. The maximum absolute atomic E-state index is 12.6. The Kier molecular flexibility index (Phi) is 4.77. The molecule has 0 atom stereocenters. The van der Waals surface area contributed by atoms with Crippen LogP contribution < -0.4 is 5.73 Å². The van der Waals surface area contributed by atoms with Crippen molar-refractivity contribution in [3.63, 3.8) is 0 Å². The fourth-order valence-electron chi connectivity index (χ4n) is 2.31. The molecule has 0 aromatic carbocycles. The predicted molar refractivity (Wildman–Crippen MR) is 74.1 cm³/mol. The van der Waals surface area contributed by atoms with Gasteiger partial charge in [-0.25, -0.2) is 8.42 Å². The van der Waals surface area contributed by atoms with Gasteiger partial charge in [0, 0.05) is 24.5 Å². The molecular formula is C12H20N2O2S2. The largest absolute Gasteiger partial charge is 0.326 e. The Morgan fingerprint density at radius 1 is 1.17 bits per heavy atom. The number of thiophene rings is 1. The number of hydrogen-bond acceptors (Lipinski definition) is 4. The minimum absolute atomic E-state index is 0.292. The van der Waals surface area contributed by atoms with E-state index >= 15 is 0 Å². The third-order valence-corrected chi connectivity index (χ3v) is 6.38. The quantitative estimate of drug-likeness (QED) is 0.927. The van der Waals surface area contributed by atoms with Crippen LogP contribution in [0.15, 0.2) is 16.3 Å². The molecule has 2 heterocycles. The molecule has 0 amide bonds. The highest BCUT2D eigenvalue weighted by Gasteiger charge is 2.27. The molecule has 1 saturated heterocycles. The van der Waals surface area contributed by atoms with E-state index in [9.17, 15) is 8.42 Å². The maximum Gasteiger partial charge on any atom is 0.244 e. The molecule has 1 aliphatic heterocycles. The Bertz CT molecular complexity index is 474. The van der Waals surface area contributed by atoms with Gasteiger partial charge in [0.15, 0.2) is 0 Å². The monoisotopic (exact) mass is 288 g/mol. The minimum atomic E-state index is -3.34. The predicted octanol–water partition coefficient (Wildman–Crippen LogP) is 2.16. The highest BCUT2D eigenvalue weighted by atomic mass is 32.2. The lowest BCUT2D eigenvalue weighted by molar-refractivity contribution is 0.364. The van der Waals surface area contributed by atoms with Crippen LogP contribution in [0.2, 0.25) is 0 Å². The highest BCUT2D eigenvalue weighted by Crippen LogP contribution is 2.26. The second kappa shape index (κ2) is 6.14. The molecule has 102 valence electrons. The van der Waals surface area contributed by atoms with Crippen molar-refractivity contribution in [1.29, 1.82) is 0 Å². The lowest BCUT2D eigenvalue weighted by atomic mass is 10.1. The smallest absolute Gasteiger partial charge is 0.244 e. The second-order valence-corrected chi connectivity index (χ2v) is 7.49. The van der Waals surface area contributed by atoms with Crippen molar-refractivity contribution < 1.29 is 8.42 Å². The van der Waals surface area contributed by atoms with Crippen LogP contribution >= 0.6 is 11.3 Å². The van der Waals surface area contributed by atoms with Gasteiger partial charge in [0.1, 0.15) is 0 Å². The normalized spacial score (nSPS) is 19.4. The van der Waals surface area contributed by atoms with Gasteiger partial charge in [-0.15, -0.1) is 11.3 Å². The summed E-state index contributed by atoms with van der Waals surface area (Å²) < 4.78 is 26.8. The molecule has 1 aliphatic rings. The van der Waals surface area contributed by atoms with E-state index in [2.05, 4.69) is 0 Å². The van der Waals surface area contributed by atoms with E-state index < -0.39 is 10.0 Å². The van der Waals surface area contributed by atoms with E-state index in [0.29, 0.717) is 24.5 Å². The van der Waals surface area contributed by atoms with E-state index in [1.807, 2.05) is 0 Å². The highest BCUT2D eigenvalue weighted by molar-refractivity contribution is 7.89. The lowest BCUT2D eigenvalue weighted by Gasteiger charge is -2.24. The fourth-order valence-corrected chi connectivity index (χ4v) is 5.13. The molecule has 0 radical (unpaired) electrons. The number of sulfonamides is 1. The summed E-state index contributed by atoms with van der Waals surface area (Å²) in [6, 6.07) is 1.68. The SMILES string of the molecule is NCc1sccc1S(=O)(=O)N1CCCCCCC1. The lowest BCUT2D eigenvalue weighted by Crippen LogP contribution is -2.34. The summed E-state index contributed by atoms with van der Waals surface area (Å²) in [6.45, 7) is 1.57. The Hall–Kier alpha value is -0.430. The van der Waals surface area contributed by atoms with Gasteiger partial charge >= 0.3 is 0 Å². The number of nitrogens with zero attached hydrogens (tertiary/aromatic N) is 1. The van der Waals surface area contributed by atoms with Crippen LogP contribution in [-0.4, -0.2) is 25.8 Å². The minimum Gasteiger partial charge on any atom is -0.326 e. The number of rotatable bonds is 3. The van der Waals surface area contributed by atoms with Gasteiger partial charge < -0.3 is 5.73 Å². The van der Waals surface area contributed by atoms with E-state index in [1.54, 1.807) is 15.8 Å². The molecule has 6 heteroatoms. The average Bonchev–Trinajstić information content (AvgIpc) is 2.76. The van der Waals surface area contributed by atoms with Crippen molar-refractivity contribution >= 4 is 21.4 Å². The molecule has 0 bridgehead atoms. The maximum atomic E-state index is 12.6. The first kappa shape index (κ1) is 14.0. The third-order valence-electron chi connectivity index (χ3n) is 3.32. The van der Waals surface area contributed by atoms with Gasteiger partial charge in [0.2, 0.25) is 10.0 Å². The van der Waals surface area contributed by atoms with Crippen LogP contribution in [0.1, 0.15) is 37.0 Å². The third kappa shape index (κ3) is 2.93. The molecule has 0 saturated carbocycles. The zero-order valence-electron chi connectivity index (χ0n) is 10.5. The number of nitrogens with two attached hydrogens (primary N) is 1. The first-order chi connectivity index (χ1) is 8.66. The standard InChI is InChI=1S/C12H20N2O2S2/c13-10-11-12(6-9-17-11)18(15,16)14-7-4-2-1-3-5-8-14/h6,9H,1-5,7-8,10,13H2. The summed E-state index contributed by atoms with van der Waals surface area (Å²) in [5.41, 5.74) is 5.60. The van der Waals surface area contributed by atoms with Crippen LogP contribution in [0.5, 0.6) is 0 Å². The van der Waals surface area contributed by atoms with Crippen molar-refractivity contribution in [3.8, 4) is 0 Å². The molecule has 4 nitrogen and oxygen atoms in total. The Balaban J connectivity index is 2.23. The van der Waals surface area contributed by atoms with Gasteiger partial charge in [0.05, 0.1) is 4.90 Å². The van der Waals surface area contributed by atoms with Gasteiger partial charge in [-0.05, 0) is 24.3 Å². The zero-order chi connectivity index (χ0) is 13.0. The summed E-state index contributed by atoms with van der Waals surface area (Å²) in [7, 11) is -3.34. The first-order valence-corrected chi connectivity index (χ1v) is 8.75. The number of hydrogen-bond donors (Lipinski definition) is 1. The molecule has 2 N–H and O–H groups in total. The van der Waals surface area contributed by atoms with Gasteiger partial charge in [-0.3, -0.25) is 0 Å². The molecule has 0 spiro atoms. The summed E-state index contributed by atoms with van der Waals surface area (Å²) >= 11 is 1.42. The van der Waals surface area contributed by atoms with E-state index in [4.69, 9.17) is 5.73 Å². The van der Waals surface area contributed by atoms with Crippen LogP contribution in [-0.2, 0) is 16.6 Å². The van der Waals surface area contributed by atoms with Crippen molar-refractivity contribution in [3.05, 3.63) is 16.3 Å². The molecule has 1 aromatic heterocycles. The van der Waals surface area contributed by atoms with Crippen molar-refractivity contribution in [1.82, 2.24) is 4.31 Å². The summed E-state index contributed by atoms with van der Waals surface area (Å²) in [6.07, 6.45) is 5.39. The van der Waals surface area contributed by atoms with Crippen LogP contribution in [0, 0.1) is 0 Å². The van der Waals surface area contributed by atoms with E-state index in [1.165, 1.54) is 17.8 Å². The van der Waals surface area contributed by atoms with Crippen molar-refractivity contribution in [2.75, 3.05) is 13.1 Å². The first-order valence-electron chi connectivity index (χ1n) is 6.43. The summed E-state index contributed by atoms with van der Waals surface area (Å²) in [4.78, 5) is 1.17. The molecule has 0 unspecified atom stereocenters. The Morgan fingerprint density at radius 3 is 2.39 bits per heavy atom. The van der Waals surface area contributed by atoms with Crippen molar-refractivity contribution in [2.45, 2.75) is 43.5 Å². The molecule has 0 aliphatic carbocycles. The Labute approximate surface area is 113 Å². The molecule has 2 rings (SSSR count). The second-order valence-electron chi connectivity index (χ2n) is 4.58. The zero-order valence-corrected chi connectivity index (χ0v) is 12.1. The van der Waals surface area contributed by atoms with Gasteiger partial charge in [0.25, 0.3) is 0 Å². The summed E-state index contributed by atoms with van der Waals surface area (Å²) in [5.74, 6) is 0. The van der Waals surface area contributed by atoms with E-state index in [-0.39, 0.29) is 0 Å².